The maximum Gasteiger partial charge on any atom is 0.235 e. The monoisotopic (exact) mass is 667 g/mol. The fourth-order valence-corrected chi connectivity index (χ4v) is 7.83. The summed E-state index contributed by atoms with van der Waals surface area (Å²) in [5, 5.41) is 7.13. The second-order valence-electron chi connectivity index (χ2n) is 13.1. The first-order chi connectivity index (χ1) is 27.9. The van der Waals surface area contributed by atoms with Crippen molar-refractivity contribution < 1.29 is 6.85 Å². The topological polar surface area (TPSA) is 35.6 Å². The Bertz CT molecular complexity index is 3450. The van der Waals surface area contributed by atoms with Gasteiger partial charge in [0.1, 0.15) is 0 Å². The normalized spacial score (nSPS) is 13.2. The van der Waals surface area contributed by atoms with Crippen molar-refractivity contribution >= 4 is 65.3 Å². The Hall–Kier alpha value is -7.04. The minimum atomic E-state index is -0.426. The highest BCUT2D eigenvalue weighted by molar-refractivity contribution is 6.15. The van der Waals surface area contributed by atoms with Crippen LogP contribution in [0.1, 0.15) is 6.85 Å². The van der Waals surface area contributed by atoms with Gasteiger partial charge in [-0.15, -0.1) is 0 Å². The highest BCUT2D eigenvalue weighted by Gasteiger charge is 2.20. The Morgan fingerprint density at radius 2 is 1.06 bits per heavy atom. The SMILES string of the molecule is [2H]c1c([2H])c([2H])c(-n2c3ccccc3c3ccc(-c4nc(-n5c6ccc(-c7ccccc7)cc6c6cc7ccccc7cc65)nc5ccccc45)cc32)c([2H])c1[2H]. The molecule has 0 aliphatic rings. The van der Waals surface area contributed by atoms with Crippen LogP contribution in [0.5, 0.6) is 0 Å². The van der Waals surface area contributed by atoms with Gasteiger partial charge in [0.15, 0.2) is 0 Å². The smallest absolute Gasteiger partial charge is 0.235 e. The van der Waals surface area contributed by atoms with E-state index in [1.54, 1.807) is 4.57 Å². The molecule has 0 radical (unpaired) electrons. The third-order valence-electron chi connectivity index (χ3n) is 10.2. The zero-order chi connectivity index (χ0) is 38.5. The third kappa shape index (κ3) is 4.34. The van der Waals surface area contributed by atoms with Crippen molar-refractivity contribution in [3.8, 4) is 34.0 Å². The van der Waals surface area contributed by atoms with Gasteiger partial charge in [0, 0.05) is 38.2 Å². The average Bonchev–Trinajstić information content (AvgIpc) is 3.75. The Kier molecular flexibility index (Phi) is 5.22. The average molecular weight is 668 g/mol. The molecule has 0 atom stereocenters. The number of fused-ring (bicyclic) bond motifs is 8. The molecule has 52 heavy (non-hydrogen) atoms. The summed E-state index contributed by atoms with van der Waals surface area (Å²) in [7, 11) is 0. The number of hydrogen-bond donors (Lipinski definition) is 0. The molecule has 242 valence electrons. The molecule has 11 rings (SSSR count). The molecule has 0 spiro atoms. The lowest BCUT2D eigenvalue weighted by Crippen LogP contribution is -2.03. The molecule has 0 saturated heterocycles. The molecule has 0 bridgehead atoms. The van der Waals surface area contributed by atoms with E-state index in [2.05, 4.69) is 83.4 Å². The van der Waals surface area contributed by atoms with Crippen LogP contribution in [0, 0.1) is 0 Å². The first kappa shape index (κ1) is 24.2. The molecule has 11 aromatic rings. The van der Waals surface area contributed by atoms with Crippen molar-refractivity contribution in [3.05, 3.63) is 182 Å². The molecular weight excluding hydrogens is 633 g/mol. The van der Waals surface area contributed by atoms with E-state index in [9.17, 15) is 0 Å². The summed E-state index contributed by atoms with van der Waals surface area (Å²) in [6.07, 6.45) is 0. The molecule has 4 heteroatoms. The van der Waals surface area contributed by atoms with E-state index < -0.39 is 6.04 Å². The number of benzene rings is 8. The summed E-state index contributed by atoms with van der Waals surface area (Å²) >= 11 is 0. The van der Waals surface area contributed by atoms with Crippen LogP contribution in [0.15, 0.2) is 182 Å². The number of aromatic nitrogens is 4. The lowest BCUT2D eigenvalue weighted by atomic mass is 10.0. The first-order valence-corrected chi connectivity index (χ1v) is 17.3. The van der Waals surface area contributed by atoms with Crippen LogP contribution >= 0.6 is 0 Å². The molecule has 8 aromatic carbocycles. The van der Waals surface area contributed by atoms with E-state index in [1.165, 1.54) is 0 Å². The van der Waals surface area contributed by atoms with E-state index in [-0.39, 0.29) is 29.9 Å². The van der Waals surface area contributed by atoms with Crippen LogP contribution < -0.4 is 0 Å². The standard InChI is InChI=1S/C48H30N4/c1-3-13-31(14-4-1)34-24-26-44-40(28-34)41-27-32-15-7-8-16-33(32)29-46(41)52(44)48-49-42-21-11-9-20-39(42)47(50-48)35-23-25-38-37-19-10-12-22-43(37)51(45(38)30-35)36-17-5-2-6-18-36/h1-30H/i2D,5D,6D,17D,18D. The van der Waals surface area contributed by atoms with Gasteiger partial charge in [-0.2, -0.15) is 0 Å². The fraction of sp³-hybridized carbons (Fsp3) is 0. The van der Waals surface area contributed by atoms with E-state index in [1.807, 2.05) is 72.8 Å². The Labute approximate surface area is 306 Å². The van der Waals surface area contributed by atoms with Crippen molar-refractivity contribution in [2.45, 2.75) is 0 Å². The van der Waals surface area contributed by atoms with Gasteiger partial charge in [0.2, 0.25) is 5.95 Å². The predicted octanol–water partition coefficient (Wildman–Crippen LogP) is 12.3. The minimum Gasteiger partial charge on any atom is -0.309 e. The largest absolute Gasteiger partial charge is 0.309 e. The molecule has 3 aromatic heterocycles. The maximum atomic E-state index is 8.92. The number of hydrogen-bond acceptors (Lipinski definition) is 2. The molecule has 0 aliphatic carbocycles. The molecule has 0 N–H and O–H groups in total. The van der Waals surface area contributed by atoms with Gasteiger partial charge in [-0.05, 0) is 76.4 Å². The Morgan fingerprint density at radius 1 is 0.404 bits per heavy atom. The molecule has 4 nitrogen and oxygen atoms in total. The van der Waals surface area contributed by atoms with Crippen molar-refractivity contribution in [2.75, 3.05) is 0 Å². The highest BCUT2D eigenvalue weighted by Crippen LogP contribution is 2.39. The second kappa shape index (κ2) is 11.2. The van der Waals surface area contributed by atoms with Crippen LogP contribution in [0.2, 0.25) is 0 Å². The second-order valence-corrected chi connectivity index (χ2v) is 13.1. The van der Waals surface area contributed by atoms with Gasteiger partial charge in [-0.25, -0.2) is 9.97 Å². The number of nitrogens with zero attached hydrogens (tertiary/aromatic N) is 4. The van der Waals surface area contributed by atoms with Gasteiger partial charge < -0.3 is 4.57 Å². The molecule has 0 unspecified atom stereocenters. The molecular formula is C48H30N4. The minimum absolute atomic E-state index is 0.102. The van der Waals surface area contributed by atoms with E-state index in [0.29, 0.717) is 17.2 Å². The highest BCUT2D eigenvalue weighted by atomic mass is 15.2. The van der Waals surface area contributed by atoms with Crippen LogP contribution in [0.4, 0.5) is 0 Å². The van der Waals surface area contributed by atoms with Crippen LogP contribution in [0.3, 0.4) is 0 Å². The molecule has 0 amide bonds. The van der Waals surface area contributed by atoms with Crippen molar-refractivity contribution in [1.29, 1.82) is 0 Å². The van der Waals surface area contributed by atoms with E-state index in [0.717, 1.165) is 76.5 Å². The third-order valence-corrected chi connectivity index (χ3v) is 10.2. The van der Waals surface area contributed by atoms with Crippen LogP contribution in [-0.2, 0) is 0 Å². The van der Waals surface area contributed by atoms with E-state index in [4.69, 9.17) is 16.8 Å². The Balaban J connectivity index is 1.20. The van der Waals surface area contributed by atoms with Crippen molar-refractivity contribution in [1.82, 2.24) is 19.1 Å². The molecule has 0 saturated carbocycles. The molecule has 0 aliphatic heterocycles. The summed E-state index contributed by atoms with van der Waals surface area (Å²) < 4.78 is 47.0. The lowest BCUT2D eigenvalue weighted by molar-refractivity contribution is 1.01. The molecule has 0 fully saturated rings. The van der Waals surface area contributed by atoms with Crippen molar-refractivity contribution in [2.24, 2.45) is 0 Å². The molecule has 3 heterocycles. The summed E-state index contributed by atoms with van der Waals surface area (Å²) in [6.45, 7) is 0. The summed E-state index contributed by atoms with van der Waals surface area (Å²) in [4.78, 5) is 10.6. The summed E-state index contributed by atoms with van der Waals surface area (Å²) in [6, 6.07) is 50.0. The quantitative estimate of drug-likeness (QED) is 0.187. The van der Waals surface area contributed by atoms with Crippen molar-refractivity contribution in [3.63, 3.8) is 0 Å². The van der Waals surface area contributed by atoms with Gasteiger partial charge >= 0.3 is 0 Å². The summed E-state index contributed by atoms with van der Waals surface area (Å²) in [5.74, 6) is 0.526. The van der Waals surface area contributed by atoms with E-state index >= 15 is 0 Å². The fourth-order valence-electron chi connectivity index (χ4n) is 7.83. The van der Waals surface area contributed by atoms with Crippen LogP contribution in [0.25, 0.3) is 99.3 Å². The first-order valence-electron chi connectivity index (χ1n) is 19.8. The van der Waals surface area contributed by atoms with Gasteiger partial charge in [0.25, 0.3) is 0 Å². The van der Waals surface area contributed by atoms with Gasteiger partial charge in [-0.1, -0.05) is 127 Å². The summed E-state index contributed by atoms with van der Waals surface area (Å²) in [5.41, 5.74) is 8.08. The number of para-hydroxylation sites is 3. The van der Waals surface area contributed by atoms with Gasteiger partial charge in [-0.3, -0.25) is 4.57 Å². The zero-order valence-corrected chi connectivity index (χ0v) is 27.7. The number of rotatable bonds is 4. The van der Waals surface area contributed by atoms with Crippen LogP contribution in [-0.4, -0.2) is 19.1 Å². The van der Waals surface area contributed by atoms with Gasteiger partial charge in [0.05, 0.1) is 40.1 Å². The predicted molar refractivity (Wildman–Crippen MR) is 217 cm³/mol. The zero-order valence-electron chi connectivity index (χ0n) is 32.7. The Morgan fingerprint density at radius 3 is 1.92 bits per heavy atom. The lowest BCUT2D eigenvalue weighted by Gasteiger charge is -2.13. The maximum absolute atomic E-state index is 8.92.